The van der Waals surface area contributed by atoms with Crippen molar-refractivity contribution in [1.29, 1.82) is 0 Å². The summed E-state index contributed by atoms with van der Waals surface area (Å²) in [5.41, 5.74) is 7.34. The van der Waals surface area contributed by atoms with Crippen LogP contribution < -0.4 is 16.0 Å². The van der Waals surface area contributed by atoms with E-state index in [1.54, 1.807) is 0 Å². The standard InChI is InChI=1S/C15H25N3O/c1-18(2)14-10-7-6-9-13(14)17-15(19)11-5-3-4-8-12-16/h6-7,9-10H,3-5,8,11-12,16H2,1-2H3,(H,17,19). The van der Waals surface area contributed by atoms with E-state index in [9.17, 15) is 4.79 Å². The lowest BCUT2D eigenvalue weighted by Gasteiger charge is -2.17. The molecule has 19 heavy (non-hydrogen) atoms. The molecule has 1 amide bonds. The highest BCUT2D eigenvalue weighted by atomic mass is 16.1. The van der Waals surface area contributed by atoms with Crippen LogP contribution in [0.3, 0.4) is 0 Å². The summed E-state index contributed by atoms with van der Waals surface area (Å²) in [6.07, 6.45) is 4.73. The predicted octanol–water partition coefficient (Wildman–Crippen LogP) is 2.60. The number of carbonyl (C=O) groups excluding carboxylic acids is 1. The summed E-state index contributed by atoms with van der Waals surface area (Å²) in [6.45, 7) is 0.738. The van der Waals surface area contributed by atoms with E-state index in [4.69, 9.17) is 5.73 Å². The normalized spacial score (nSPS) is 10.3. The van der Waals surface area contributed by atoms with Gasteiger partial charge in [0, 0.05) is 20.5 Å². The molecule has 0 aliphatic carbocycles. The Bertz CT molecular complexity index is 391. The average molecular weight is 263 g/mol. The van der Waals surface area contributed by atoms with Gasteiger partial charge < -0.3 is 16.0 Å². The van der Waals surface area contributed by atoms with E-state index in [1.807, 2.05) is 43.3 Å². The molecule has 0 atom stereocenters. The lowest BCUT2D eigenvalue weighted by Crippen LogP contribution is -2.16. The number of anilines is 2. The van der Waals surface area contributed by atoms with Crippen LogP contribution in [0.2, 0.25) is 0 Å². The molecule has 1 aromatic carbocycles. The first-order valence-electron chi connectivity index (χ1n) is 6.91. The fourth-order valence-corrected chi connectivity index (χ4v) is 1.97. The summed E-state index contributed by atoms with van der Waals surface area (Å²) < 4.78 is 0. The maximum absolute atomic E-state index is 11.9. The van der Waals surface area contributed by atoms with E-state index in [1.165, 1.54) is 0 Å². The van der Waals surface area contributed by atoms with Crippen molar-refractivity contribution in [2.24, 2.45) is 5.73 Å². The van der Waals surface area contributed by atoms with Gasteiger partial charge in [0.2, 0.25) is 5.91 Å². The number of benzene rings is 1. The highest BCUT2D eigenvalue weighted by molar-refractivity contribution is 5.94. The molecular formula is C15H25N3O. The smallest absolute Gasteiger partial charge is 0.224 e. The van der Waals surface area contributed by atoms with Crippen LogP contribution in [0.5, 0.6) is 0 Å². The first kappa shape index (κ1) is 15.5. The number of carbonyl (C=O) groups is 1. The number of para-hydroxylation sites is 2. The van der Waals surface area contributed by atoms with Crippen molar-refractivity contribution in [3.05, 3.63) is 24.3 Å². The molecular weight excluding hydrogens is 238 g/mol. The second-order valence-corrected chi connectivity index (χ2v) is 4.91. The fourth-order valence-electron chi connectivity index (χ4n) is 1.97. The Morgan fingerprint density at radius 3 is 2.53 bits per heavy atom. The van der Waals surface area contributed by atoms with Gasteiger partial charge in [0.1, 0.15) is 0 Å². The molecule has 0 aliphatic heterocycles. The number of nitrogens with two attached hydrogens (primary N) is 1. The van der Waals surface area contributed by atoms with Gasteiger partial charge in [-0.15, -0.1) is 0 Å². The highest BCUT2D eigenvalue weighted by Gasteiger charge is 2.07. The van der Waals surface area contributed by atoms with E-state index in [2.05, 4.69) is 5.32 Å². The highest BCUT2D eigenvalue weighted by Crippen LogP contribution is 2.23. The van der Waals surface area contributed by atoms with Crippen molar-refractivity contribution >= 4 is 17.3 Å². The van der Waals surface area contributed by atoms with E-state index >= 15 is 0 Å². The van der Waals surface area contributed by atoms with E-state index in [-0.39, 0.29) is 5.91 Å². The molecule has 0 spiro atoms. The van der Waals surface area contributed by atoms with Crippen molar-refractivity contribution in [2.75, 3.05) is 30.9 Å². The number of unbranched alkanes of at least 4 members (excludes halogenated alkanes) is 3. The van der Waals surface area contributed by atoms with Crippen molar-refractivity contribution in [3.63, 3.8) is 0 Å². The predicted molar refractivity (Wildman–Crippen MR) is 81.5 cm³/mol. The molecule has 0 radical (unpaired) electrons. The Labute approximate surface area is 116 Å². The third kappa shape index (κ3) is 5.75. The summed E-state index contributed by atoms with van der Waals surface area (Å²) in [7, 11) is 3.94. The molecule has 106 valence electrons. The lowest BCUT2D eigenvalue weighted by atomic mass is 10.1. The van der Waals surface area contributed by atoms with Gasteiger partial charge in [-0.3, -0.25) is 4.79 Å². The van der Waals surface area contributed by atoms with Gasteiger partial charge >= 0.3 is 0 Å². The monoisotopic (exact) mass is 263 g/mol. The summed E-state index contributed by atoms with van der Waals surface area (Å²) >= 11 is 0. The second-order valence-electron chi connectivity index (χ2n) is 4.91. The molecule has 4 heteroatoms. The minimum atomic E-state index is 0.0852. The molecule has 1 aromatic rings. The van der Waals surface area contributed by atoms with Crippen LogP contribution in [0.1, 0.15) is 32.1 Å². The number of nitrogens with zero attached hydrogens (tertiary/aromatic N) is 1. The Kier molecular flexibility index (Phi) is 6.97. The van der Waals surface area contributed by atoms with Gasteiger partial charge in [0.05, 0.1) is 11.4 Å². The molecule has 0 aromatic heterocycles. The molecule has 1 rings (SSSR count). The SMILES string of the molecule is CN(C)c1ccccc1NC(=O)CCCCCCN. The minimum Gasteiger partial charge on any atom is -0.376 e. The second kappa shape index (κ2) is 8.53. The molecule has 3 N–H and O–H groups in total. The van der Waals surface area contributed by atoms with Crippen LogP contribution in [0.25, 0.3) is 0 Å². The molecule has 0 saturated carbocycles. The average Bonchev–Trinajstić information content (AvgIpc) is 2.39. The Morgan fingerprint density at radius 1 is 1.16 bits per heavy atom. The Hall–Kier alpha value is -1.55. The number of hydrogen-bond acceptors (Lipinski definition) is 3. The molecule has 4 nitrogen and oxygen atoms in total. The maximum Gasteiger partial charge on any atom is 0.224 e. The number of rotatable bonds is 8. The minimum absolute atomic E-state index is 0.0852. The summed E-state index contributed by atoms with van der Waals surface area (Å²) in [5, 5.41) is 2.98. The maximum atomic E-state index is 11.9. The molecule has 0 bridgehead atoms. The fraction of sp³-hybridized carbons (Fsp3) is 0.533. The lowest BCUT2D eigenvalue weighted by molar-refractivity contribution is -0.116. The topological polar surface area (TPSA) is 58.4 Å². The van der Waals surface area contributed by atoms with Gasteiger partial charge in [-0.05, 0) is 31.5 Å². The third-order valence-electron chi connectivity index (χ3n) is 3.02. The zero-order valence-electron chi connectivity index (χ0n) is 12.0. The van der Waals surface area contributed by atoms with Crippen LogP contribution in [0.15, 0.2) is 24.3 Å². The Morgan fingerprint density at radius 2 is 1.84 bits per heavy atom. The summed E-state index contributed by atoms with van der Waals surface area (Å²) in [6, 6.07) is 7.83. The van der Waals surface area contributed by atoms with Crippen LogP contribution >= 0.6 is 0 Å². The zero-order valence-corrected chi connectivity index (χ0v) is 12.0. The number of nitrogens with one attached hydrogen (secondary N) is 1. The van der Waals surface area contributed by atoms with Crippen molar-refractivity contribution in [1.82, 2.24) is 0 Å². The van der Waals surface area contributed by atoms with Crippen molar-refractivity contribution < 1.29 is 4.79 Å². The molecule has 0 fully saturated rings. The van der Waals surface area contributed by atoms with Gasteiger partial charge in [-0.25, -0.2) is 0 Å². The first-order valence-corrected chi connectivity index (χ1v) is 6.91. The number of amides is 1. The molecule has 0 aliphatic rings. The van der Waals surface area contributed by atoms with Crippen LogP contribution in [-0.2, 0) is 4.79 Å². The molecule has 0 unspecified atom stereocenters. The molecule has 0 heterocycles. The summed E-state index contributed by atoms with van der Waals surface area (Å²) in [5.74, 6) is 0.0852. The van der Waals surface area contributed by atoms with Crippen LogP contribution in [0, 0.1) is 0 Å². The van der Waals surface area contributed by atoms with Gasteiger partial charge in [0.15, 0.2) is 0 Å². The summed E-state index contributed by atoms with van der Waals surface area (Å²) in [4.78, 5) is 13.9. The molecule has 0 saturated heterocycles. The van der Waals surface area contributed by atoms with E-state index < -0.39 is 0 Å². The van der Waals surface area contributed by atoms with Gasteiger partial charge in [-0.2, -0.15) is 0 Å². The third-order valence-corrected chi connectivity index (χ3v) is 3.02. The first-order chi connectivity index (χ1) is 9.15. The Balaban J connectivity index is 2.40. The van der Waals surface area contributed by atoms with E-state index in [0.29, 0.717) is 6.42 Å². The van der Waals surface area contributed by atoms with Crippen molar-refractivity contribution in [3.8, 4) is 0 Å². The van der Waals surface area contributed by atoms with Gasteiger partial charge in [-0.1, -0.05) is 25.0 Å². The largest absolute Gasteiger partial charge is 0.376 e. The quantitative estimate of drug-likeness (QED) is 0.709. The number of hydrogen-bond donors (Lipinski definition) is 2. The van der Waals surface area contributed by atoms with Crippen LogP contribution in [-0.4, -0.2) is 26.5 Å². The van der Waals surface area contributed by atoms with Crippen LogP contribution in [0.4, 0.5) is 11.4 Å². The van der Waals surface area contributed by atoms with Gasteiger partial charge in [0.25, 0.3) is 0 Å². The van der Waals surface area contributed by atoms with E-state index in [0.717, 1.165) is 43.6 Å². The van der Waals surface area contributed by atoms with Crippen molar-refractivity contribution in [2.45, 2.75) is 32.1 Å². The zero-order chi connectivity index (χ0) is 14.1.